The van der Waals surface area contributed by atoms with E-state index >= 15 is 0 Å². The second-order valence-electron chi connectivity index (χ2n) is 2.84. The topological polar surface area (TPSA) is 37.8 Å². The zero-order valence-corrected chi connectivity index (χ0v) is 7.30. The summed E-state index contributed by atoms with van der Waals surface area (Å²) in [5, 5.41) is 2.75. The van der Waals surface area contributed by atoms with Crippen LogP contribution in [0.3, 0.4) is 0 Å². The SMILES string of the molecule is CC(F)(F)CCNc1cnccn1. The van der Waals surface area contributed by atoms with E-state index < -0.39 is 5.92 Å². The van der Waals surface area contributed by atoms with Gasteiger partial charge in [0.05, 0.1) is 6.20 Å². The van der Waals surface area contributed by atoms with Gasteiger partial charge in [-0.2, -0.15) is 0 Å². The minimum Gasteiger partial charge on any atom is -0.369 e. The Kier molecular flexibility index (Phi) is 3.11. The molecule has 0 unspecified atom stereocenters. The second kappa shape index (κ2) is 4.11. The number of alkyl halides is 2. The molecule has 0 aliphatic heterocycles. The molecule has 3 nitrogen and oxygen atoms in total. The molecule has 0 aliphatic rings. The maximum Gasteiger partial charge on any atom is 0.247 e. The van der Waals surface area contributed by atoms with E-state index in [-0.39, 0.29) is 13.0 Å². The fourth-order valence-corrected chi connectivity index (χ4v) is 0.800. The molecule has 0 radical (unpaired) electrons. The van der Waals surface area contributed by atoms with E-state index in [0.29, 0.717) is 5.82 Å². The molecular formula is C8H11F2N3. The first-order valence-electron chi connectivity index (χ1n) is 3.96. The van der Waals surface area contributed by atoms with E-state index in [4.69, 9.17) is 0 Å². The molecule has 1 heterocycles. The molecule has 1 N–H and O–H groups in total. The van der Waals surface area contributed by atoms with Crippen molar-refractivity contribution >= 4 is 5.82 Å². The molecule has 0 aromatic carbocycles. The summed E-state index contributed by atoms with van der Waals surface area (Å²) in [6, 6.07) is 0. The fraction of sp³-hybridized carbons (Fsp3) is 0.500. The van der Waals surface area contributed by atoms with E-state index in [1.165, 1.54) is 18.6 Å². The average molecular weight is 187 g/mol. The Morgan fingerprint density at radius 3 is 2.77 bits per heavy atom. The standard InChI is InChI=1S/C8H11F2N3/c1-8(9,10)2-3-12-7-6-11-4-5-13-7/h4-6H,2-3H2,1H3,(H,12,13). The van der Waals surface area contributed by atoms with Crippen molar-refractivity contribution < 1.29 is 8.78 Å². The maximum absolute atomic E-state index is 12.3. The van der Waals surface area contributed by atoms with Crippen LogP contribution in [0.15, 0.2) is 18.6 Å². The minimum atomic E-state index is -2.63. The summed E-state index contributed by atoms with van der Waals surface area (Å²) >= 11 is 0. The van der Waals surface area contributed by atoms with Crippen LogP contribution >= 0.6 is 0 Å². The number of rotatable bonds is 4. The highest BCUT2D eigenvalue weighted by Crippen LogP contribution is 2.16. The minimum absolute atomic E-state index is 0.197. The van der Waals surface area contributed by atoms with Gasteiger partial charge in [-0.05, 0) is 6.92 Å². The monoisotopic (exact) mass is 187 g/mol. The lowest BCUT2D eigenvalue weighted by atomic mass is 10.3. The van der Waals surface area contributed by atoms with Crippen LogP contribution < -0.4 is 5.32 Å². The van der Waals surface area contributed by atoms with Crippen molar-refractivity contribution in [3.05, 3.63) is 18.6 Å². The van der Waals surface area contributed by atoms with Gasteiger partial charge >= 0.3 is 0 Å². The summed E-state index contributed by atoms with van der Waals surface area (Å²) in [6.45, 7) is 1.09. The van der Waals surface area contributed by atoms with Gasteiger partial charge in [0.1, 0.15) is 5.82 Å². The Balaban J connectivity index is 2.29. The lowest BCUT2D eigenvalue weighted by molar-refractivity contribution is 0.0167. The van der Waals surface area contributed by atoms with Crippen LogP contribution in [-0.2, 0) is 0 Å². The quantitative estimate of drug-likeness (QED) is 0.782. The summed E-state index contributed by atoms with van der Waals surface area (Å²) in [5.41, 5.74) is 0. The first-order valence-corrected chi connectivity index (χ1v) is 3.96. The molecule has 0 atom stereocenters. The fourth-order valence-electron chi connectivity index (χ4n) is 0.800. The molecule has 13 heavy (non-hydrogen) atoms. The van der Waals surface area contributed by atoms with Crippen LogP contribution in [0.1, 0.15) is 13.3 Å². The third kappa shape index (κ3) is 4.35. The molecule has 0 saturated carbocycles. The largest absolute Gasteiger partial charge is 0.369 e. The summed E-state index contributed by atoms with van der Waals surface area (Å²) in [6.07, 6.45) is 4.32. The lowest BCUT2D eigenvalue weighted by Crippen LogP contribution is -2.16. The highest BCUT2D eigenvalue weighted by molar-refractivity contribution is 5.29. The molecule has 0 aliphatic carbocycles. The van der Waals surface area contributed by atoms with E-state index in [1.807, 2.05) is 0 Å². The van der Waals surface area contributed by atoms with Gasteiger partial charge in [0, 0.05) is 25.4 Å². The van der Waals surface area contributed by atoms with Gasteiger partial charge in [0.2, 0.25) is 5.92 Å². The van der Waals surface area contributed by atoms with Crippen LogP contribution in [0.25, 0.3) is 0 Å². The molecular weight excluding hydrogens is 176 g/mol. The van der Waals surface area contributed by atoms with Crippen molar-refractivity contribution in [3.8, 4) is 0 Å². The average Bonchev–Trinajstić information content (AvgIpc) is 2.04. The predicted octanol–water partition coefficient (Wildman–Crippen LogP) is 1.93. The normalized spacial score (nSPS) is 11.3. The molecule has 0 fully saturated rings. The van der Waals surface area contributed by atoms with Crippen molar-refractivity contribution in [2.45, 2.75) is 19.3 Å². The summed E-state index contributed by atoms with van der Waals surface area (Å²) < 4.78 is 24.7. The van der Waals surface area contributed by atoms with E-state index in [9.17, 15) is 8.78 Å². The van der Waals surface area contributed by atoms with E-state index in [2.05, 4.69) is 15.3 Å². The number of nitrogens with one attached hydrogen (secondary N) is 1. The number of halogens is 2. The Labute approximate surface area is 75.2 Å². The highest BCUT2D eigenvalue weighted by atomic mass is 19.3. The first kappa shape index (κ1) is 9.83. The van der Waals surface area contributed by atoms with Gasteiger partial charge < -0.3 is 5.32 Å². The molecule has 1 rings (SSSR count). The Morgan fingerprint density at radius 1 is 1.46 bits per heavy atom. The van der Waals surface area contributed by atoms with Crippen LogP contribution in [0.2, 0.25) is 0 Å². The molecule has 5 heteroatoms. The Morgan fingerprint density at radius 2 is 2.23 bits per heavy atom. The van der Waals surface area contributed by atoms with E-state index in [1.54, 1.807) is 0 Å². The van der Waals surface area contributed by atoms with Gasteiger partial charge in [-0.1, -0.05) is 0 Å². The molecule has 0 bridgehead atoms. The van der Waals surface area contributed by atoms with Gasteiger partial charge in [0.25, 0.3) is 0 Å². The zero-order chi connectivity index (χ0) is 9.73. The smallest absolute Gasteiger partial charge is 0.247 e. The van der Waals surface area contributed by atoms with Crippen molar-refractivity contribution in [3.63, 3.8) is 0 Å². The maximum atomic E-state index is 12.3. The van der Waals surface area contributed by atoms with Crippen LogP contribution in [0.4, 0.5) is 14.6 Å². The number of hydrogen-bond donors (Lipinski definition) is 1. The van der Waals surface area contributed by atoms with Crippen molar-refractivity contribution in [2.24, 2.45) is 0 Å². The molecule has 1 aromatic rings. The van der Waals surface area contributed by atoms with E-state index in [0.717, 1.165) is 6.92 Å². The van der Waals surface area contributed by atoms with Gasteiger partial charge in [-0.3, -0.25) is 4.98 Å². The van der Waals surface area contributed by atoms with Crippen molar-refractivity contribution in [1.82, 2.24) is 9.97 Å². The number of aromatic nitrogens is 2. The van der Waals surface area contributed by atoms with Crippen LogP contribution in [0.5, 0.6) is 0 Å². The number of hydrogen-bond acceptors (Lipinski definition) is 3. The summed E-state index contributed by atoms with van der Waals surface area (Å²) in [7, 11) is 0. The van der Waals surface area contributed by atoms with Crippen molar-refractivity contribution in [1.29, 1.82) is 0 Å². The lowest BCUT2D eigenvalue weighted by Gasteiger charge is -2.10. The van der Waals surface area contributed by atoms with Crippen LogP contribution in [-0.4, -0.2) is 22.4 Å². The molecule has 0 amide bonds. The van der Waals surface area contributed by atoms with Gasteiger partial charge in [-0.15, -0.1) is 0 Å². The second-order valence-corrected chi connectivity index (χ2v) is 2.84. The Bertz CT molecular complexity index is 245. The number of nitrogens with zero attached hydrogens (tertiary/aromatic N) is 2. The first-order chi connectivity index (χ1) is 6.08. The number of anilines is 1. The summed E-state index contributed by atoms with van der Waals surface area (Å²) in [5.74, 6) is -2.11. The molecule has 72 valence electrons. The Hall–Kier alpha value is -1.26. The third-order valence-corrected chi connectivity index (χ3v) is 1.43. The van der Waals surface area contributed by atoms with Gasteiger partial charge in [-0.25, -0.2) is 13.8 Å². The van der Waals surface area contributed by atoms with Crippen LogP contribution in [0, 0.1) is 0 Å². The zero-order valence-electron chi connectivity index (χ0n) is 7.30. The third-order valence-electron chi connectivity index (χ3n) is 1.43. The molecule has 0 saturated heterocycles. The predicted molar refractivity (Wildman–Crippen MR) is 45.8 cm³/mol. The highest BCUT2D eigenvalue weighted by Gasteiger charge is 2.19. The van der Waals surface area contributed by atoms with Crippen molar-refractivity contribution in [2.75, 3.05) is 11.9 Å². The summed E-state index contributed by atoms with van der Waals surface area (Å²) in [4.78, 5) is 7.67. The molecule has 1 aromatic heterocycles. The van der Waals surface area contributed by atoms with Gasteiger partial charge in [0.15, 0.2) is 0 Å². The molecule has 0 spiro atoms.